The molecule has 0 saturated carbocycles. The first-order valence-electron chi connectivity index (χ1n) is 8.50. The molecular formula is C18H25N5O2. The molecular weight excluding hydrogens is 318 g/mol. The molecule has 0 bridgehead atoms. The highest BCUT2D eigenvalue weighted by molar-refractivity contribution is 5.79. The average molecular weight is 343 g/mol. The summed E-state index contributed by atoms with van der Waals surface area (Å²) in [6.45, 7) is 5.53. The van der Waals surface area contributed by atoms with Gasteiger partial charge < -0.3 is 14.5 Å². The number of ether oxygens (including phenoxy) is 1. The van der Waals surface area contributed by atoms with Gasteiger partial charge in [-0.2, -0.15) is 5.10 Å². The van der Waals surface area contributed by atoms with Gasteiger partial charge in [0.05, 0.1) is 31.0 Å². The second kappa shape index (κ2) is 7.23. The maximum atomic E-state index is 12.7. The van der Waals surface area contributed by atoms with E-state index in [1.165, 1.54) is 0 Å². The zero-order valence-corrected chi connectivity index (χ0v) is 15.2. The summed E-state index contributed by atoms with van der Waals surface area (Å²) in [4.78, 5) is 21.2. The van der Waals surface area contributed by atoms with Crippen LogP contribution in [0.3, 0.4) is 0 Å². The van der Waals surface area contributed by atoms with E-state index in [-0.39, 0.29) is 12.0 Å². The monoisotopic (exact) mass is 343 g/mol. The minimum Gasteiger partial charge on any atom is -0.368 e. The number of aryl methyl sites for hydroxylation is 2. The number of anilines is 1. The van der Waals surface area contributed by atoms with Crippen molar-refractivity contribution in [1.82, 2.24) is 20.1 Å². The molecule has 0 spiro atoms. The third kappa shape index (κ3) is 3.82. The number of aromatic amines is 1. The van der Waals surface area contributed by atoms with Crippen molar-refractivity contribution in [2.45, 2.75) is 26.4 Å². The van der Waals surface area contributed by atoms with Crippen LogP contribution in [0.5, 0.6) is 0 Å². The number of rotatable bonds is 4. The van der Waals surface area contributed by atoms with E-state index in [0.717, 1.165) is 28.5 Å². The van der Waals surface area contributed by atoms with Crippen LogP contribution < -0.4 is 4.90 Å². The molecule has 0 aromatic carbocycles. The van der Waals surface area contributed by atoms with E-state index in [0.29, 0.717) is 26.1 Å². The molecule has 3 rings (SSSR count). The van der Waals surface area contributed by atoms with Gasteiger partial charge in [0, 0.05) is 31.9 Å². The molecule has 1 atom stereocenters. The molecule has 3 heterocycles. The highest BCUT2D eigenvalue weighted by atomic mass is 16.5. The van der Waals surface area contributed by atoms with Crippen molar-refractivity contribution in [1.29, 1.82) is 0 Å². The standard InChI is InChI=1S/C18H25N5O2/c1-12-14(13(2)21-20-12)10-18(24)23-8-9-25-16(11-23)15-6-5-7-17(19-15)22(3)4/h5-7,16H,8-11H2,1-4H3,(H,20,21)/t16-/m1/s1. The molecule has 2 aromatic heterocycles. The molecule has 0 unspecified atom stereocenters. The van der Waals surface area contributed by atoms with Crippen molar-refractivity contribution >= 4 is 11.7 Å². The highest BCUT2D eigenvalue weighted by Crippen LogP contribution is 2.23. The zero-order chi connectivity index (χ0) is 18.0. The second-order valence-electron chi connectivity index (χ2n) is 6.60. The van der Waals surface area contributed by atoms with Crippen molar-refractivity contribution in [3.63, 3.8) is 0 Å². The van der Waals surface area contributed by atoms with Crippen LogP contribution in [0.25, 0.3) is 0 Å². The number of carbonyl (C=O) groups excluding carboxylic acids is 1. The summed E-state index contributed by atoms with van der Waals surface area (Å²) in [5, 5.41) is 7.10. The Morgan fingerprint density at radius 3 is 2.88 bits per heavy atom. The predicted octanol–water partition coefficient (Wildman–Crippen LogP) is 1.63. The minimum atomic E-state index is -0.191. The molecule has 25 heavy (non-hydrogen) atoms. The first-order chi connectivity index (χ1) is 12.0. The van der Waals surface area contributed by atoms with E-state index in [1.54, 1.807) is 0 Å². The average Bonchev–Trinajstić information content (AvgIpc) is 2.94. The van der Waals surface area contributed by atoms with Gasteiger partial charge in [0.2, 0.25) is 5.91 Å². The van der Waals surface area contributed by atoms with Gasteiger partial charge in [-0.15, -0.1) is 0 Å². The summed E-state index contributed by atoms with van der Waals surface area (Å²) in [6, 6.07) is 5.88. The van der Waals surface area contributed by atoms with Gasteiger partial charge in [-0.1, -0.05) is 6.07 Å². The number of nitrogens with one attached hydrogen (secondary N) is 1. The van der Waals surface area contributed by atoms with Gasteiger partial charge in [-0.05, 0) is 26.0 Å². The Balaban J connectivity index is 1.70. The first-order valence-corrected chi connectivity index (χ1v) is 8.50. The number of amides is 1. The molecule has 7 nitrogen and oxygen atoms in total. The Labute approximate surface area is 148 Å². The van der Waals surface area contributed by atoms with E-state index in [4.69, 9.17) is 4.74 Å². The summed E-state index contributed by atoms with van der Waals surface area (Å²) >= 11 is 0. The molecule has 7 heteroatoms. The number of H-pyrrole nitrogens is 1. The van der Waals surface area contributed by atoms with Crippen molar-refractivity contribution in [3.05, 3.63) is 40.8 Å². The molecule has 1 aliphatic heterocycles. The Morgan fingerprint density at radius 1 is 1.40 bits per heavy atom. The SMILES string of the molecule is Cc1n[nH]c(C)c1CC(=O)N1CCO[C@@H](c2cccc(N(C)C)n2)C1. The Hall–Kier alpha value is -2.41. The quantitative estimate of drug-likeness (QED) is 0.913. The van der Waals surface area contributed by atoms with Crippen molar-refractivity contribution < 1.29 is 9.53 Å². The van der Waals surface area contributed by atoms with Crippen LogP contribution >= 0.6 is 0 Å². The molecule has 0 radical (unpaired) electrons. The third-order valence-electron chi connectivity index (χ3n) is 4.57. The molecule has 0 aliphatic carbocycles. The van der Waals surface area contributed by atoms with Crippen LogP contribution in [0.4, 0.5) is 5.82 Å². The normalized spacial score (nSPS) is 17.6. The summed E-state index contributed by atoms with van der Waals surface area (Å²) in [5.41, 5.74) is 3.69. The number of hydrogen-bond donors (Lipinski definition) is 1. The van der Waals surface area contributed by atoms with Gasteiger partial charge in [-0.3, -0.25) is 9.89 Å². The second-order valence-corrected chi connectivity index (χ2v) is 6.60. The van der Waals surface area contributed by atoms with Crippen LogP contribution in [0.15, 0.2) is 18.2 Å². The summed E-state index contributed by atoms with van der Waals surface area (Å²) in [5.74, 6) is 0.985. The predicted molar refractivity (Wildman–Crippen MR) is 95.6 cm³/mol. The molecule has 1 N–H and O–H groups in total. The molecule has 1 fully saturated rings. The van der Waals surface area contributed by atoms with Gasteiger partial charge >= 0.3 is 0 Å². The Kier molecular flexibility index (Phi) is 5.03. The van der Waals surface area contributed by atoms with E-state index in [9.17, 15) is 4.79 Å². The van der Waals surface area contributed by atoms with Crippen LogP contribution in [0, 0.1) is 13.8 Å². The molecule has 1 aliphatic rings. The zero-order valence-electron chi connectivity index (χ0n) is 15.2. The van der Waals surface area contributed by atoms with Crippen LogP contribution in [0.2, 0.25) is 0 Å². The van der Waals surface area contributed by atoms with Crippen LogP contribution in [-0.2, 0) is 16.0 Å². The molecule has 134 valence electrons. The van der Waals surface area contributed by atoms with Crippen molar-refractivity contribution in [3.8, 4) is 0 Å². The topological polar surface area (TPSA) is 74.3 Å². The summed E-state index contributed by atoms with van der Waals surface area (Å²) in [6.07, 6.45) is 0.177. The number of nitrogens with zero attached hydrogens (tertiary/aromatic N) is 4. The first kappa shape index (κ1) is 17.4. The Morgan fingerprint density at radius 2 is 2.20 bits per heavy atom. The van der Waals surface area contributed by atoms with Gasteiger partial charge in [0.15, 0.2) is 0 Å². The van der Waals surface area contributed by atoms with E-state index < -0.39 is 0 Å². The van der Waals surface area contributed by atoms with Crippen molar-refractivity contribution in [2.75, 3.05) is 38.7 Å². The van der Waals surface area contributed by atoms with E-state index in [1.807, 2.05) is 55.9 Å². The van der Waals surface area contributed by atoms with Crippen LogP contribution in [0.1, 0.15) is 28.7 Å². The number of pyridine rings is 1. The fourth-order valence-corrected chi connectivity index (χ4v) is 3.02. The molecule has 1 amide bonds. The fraction of sp³-hybridized carbons (Fsp3) is 0.500. The lowest BCUT2D eigenvalue weighted by Gasteiger charge is -2.33. The lowest BCUT2D eigenvalue weighted by atomic mass is 10.1. The summed E-state index contributed by atoms with van der Waals surface area (Å²) < 4.78 is 5.87. The Bertz CT molecular complexity index is 736. The maximum absolute atomic E-state index is 12.7. The highest BCUT2D eigenvalue weighted by Gasteiger charge is 2.27. The van der Waals surface area contributed by atoms with Gasteiger partial charge in [0.25, 0.3) is 0 Å². The van der Waals surface area contributed by atoms with E-state index >= 15 is 0 Å². The van der Waals surface area contributed by atoms with Crippen molar-refractivity contribution in [2.24, 2.45) is 0 Å². The third-order valence-corrected chi connectivity index (χ3v) is 4.57. The number of aromatic nitrogens is 3. The minimum absolute atomic E-state index is 0.102. The maximum Gasteiger partial charge on any atom is 0.227 e. The van der Waals surface area contributed by atoms with Gasteiger partial charge in [0.1, 0.15) is 11.9 Å². The van der Waals surface area contributed by atoms with Crippen LogP contribution in [-0.4, -0.2) is 59.8 Å². The molecule has 1 saturated heterocycles. The largest absolute Gasteiger partial charge is 0.368 e. The smallest absolute Gasteiger partial charge is 0.227 e. The fourth-order valence-electron chi connectivity index (χ4n) is 3.02. The lowest BCUT2D eigenvalue weighted by molar-refractivity contribution is -0.138. The number of carbonyl (C=O) groups is 1. The number of morpholine rings is 1. The number of hydrogen-bond acceptors (Lipinski definition) is 5. The van der Waals surface area contributed by atoms with Gasteiger partial charge in [-0.25, -0.2) is 4.98 Å². The molecule has 2 aromatic rings. The van der Waals surface area contributed by atoms with E-state index in [2.05, 4.69) is 15.2 Å². The summed E-state index contributed by atoms with van der Waals surface area (Å²) in [7, 11) is 3.92. The lowest BCUT2D eigenvalue weighted by Crippen LogP contribution is -2.43.